The molecule has 2 aromatic carbocycles. The first kappa shape index (κ1) is 37.8. The van der Waals surface area contributed by atoms with Gasteiger partial charge in [0, 0.05) is 36.6 Å². The van der Waals surface area contributed by atoms with Gasteiger partial charge in [0.25, 0.3) is 0 Å². The number of hydrogen-bond donors (Lipinski definition) is 3. The molecule has 3 rings (SSSR count). The summed E-state index contributed by atoms with van der Waals surface area (Å²) in [5.41, 5.74) is 2.05. The molecule has 0 saturated carbocycles. The summed E-state index contributed by atoms with van der Waals surface area (Å²) in [7, 11) is 0. The number of aromatic nitrogens is 1. The molecule has 3 N–H and O–H groups in total. The summed E-state index contributed by atoms with van der Waals surface area (Å²) < 4.78 is 11.1. The Balaban J connectivity index is 1.77. The van der Waals surface area contributed by atoms with Crippen molar-refractivity contribution in [3.63, 3.8) is 0 Å². The highest BCUT2D eigenvalue weighted by molar-refractivity contribution is 5.87. The molecule has 10 heteroatoms. The van der Waals surface area contributed by atoms with Gasteiger partial charge < -0.3 is 29.8 Å². The molecule has 48 heavy (non-hydrogen) atoms. The van der Waals surface area contributed by atoms with Crippen molar-refractivity contribution in [3.8, 4) is 0 Å². The van der Waals surface area contributed by atoms with Crippen LogP contribution in [0.25, 0.3) is 10.9 Å². The van der Waals surface area contributed by atoms with E-state index >= 15 is 0 Å². The second-order valence-corrected chi connectivity index (χ2v) is 12.9. The van der Waals surface area contributed by atoms with Crippen molar-refractivity contribution in [1.82, 2.24) is 15.2 Å². The van der Waals surface area contributed by atoms with E-state index in [1.807, 2.05) is 60.8 Å². The van der Waals surface area contributed by atoms with Crippen LogP contribution in [0.3, 0.4) is 0 Å². The average Bonchev–Trinajstić information content (AvgIpc) is 3.45. The Kier molecular flexibility index (Phi) is 14.6. The van der Waals surface area contributed by atoms with Crippen LogP contribution >= 0.6 is 0 Å². The van der Waals surface area contributed by atoms with Crippen molar-refractivity contribution in [2.45, 2.75) is 71.1 Å². The number of allylic oxidation sites excluding steroid dienone is 2. The second-order valence-electron chi connectivity index (χ2n) is 12.9. The normalized spacial score (nSPS) is 13.2. The van der Waals surface area contributed by atoms with E-state index in [-0.39, 0.29) is 57.3 Å². The maximum atomic E-state index is 13.8. The van der Waals surface area contributed by atoms with Crippen molar-refractivity contribution in [2.75, 3.05) is 19.8 Å². The van der Waals surface area contributed by atoms with E-state index < -0.39 is 35.4 Å². The number of aromatic amines is 1. The fourth-order valence-corrected chi connectivity index (χ4v) is 5.43. The average molecular weight is 660 g/mol. The molecule has 0 aliphatic heterocycles. The van der Waals surface area contributed by atoms with Crippen LogP contribution in [0.15, 0.2) is 86.1 Å². The fourth-order valence-electron chi connectivity index (χ4n) is 5.43. The zero-order valence-corrected chi connectivity index (χ0v) is 28.3. The largest absolute Gasteiger partial charge is 0.463 e. The lowest BCUT2D eigenvalue weighted by molar-refractivity contribution is -0.161. The van der Waals surface area contributed by atoms with Crippen LogP contribution in [-0.2, 0) is 41.6 Å². The summed E-state index contributed by atoms with van der Waals surface area (Å²) in [5, 5.41) is 13.6. The maximum absolute atomic E-state index is 13.8. The number of para-hydroxylation sites is 1. The number of aliphatic hydroxyl groups excluding tert-OH is 1. The number of rotatable bonds is 19. The quantitative estimate of drug-likeness (QED) is 0.118. The lowest BCUT2D eigenvalue weighted by Gasteiger charge is -2.26. The summed E-state index contributed by atoms with van der Waals surface area (Å²) in [6, 6.07) is 16.5. The highest BCUT2D eigenvalue weighted by Crippen LogP contribution is 2.22. The van der Waals surface area contributed by atoms with E-state index in [0.29, 0.717) is 13.0 Å². The van der Waals surface area contributed by atoms with Crippen LogP contribution < -0.4 is 5.32 Å². The summed E-state index contributed by atoms with van der Waals surface area (Å²) in [4.78, 5) is 57.7. The molecular formula is C38H49N3O7. The third-order valence-corrected chi connectivity index (χ3v) is 7.71. The highest BCUT2D eigenvalue weighted by Gasteiger charge is 2.29. The van der Waals surface area contributed by atoms with E-state index in [1.54, 1.807) is 32.9 Å². The Labute approximate surface area is 283 Å². The monoisotopic (exact) mass is 659 g/mol. The topological polar surface area (TPSA) is 138 Å². The standard InChI is InChI=1S/C38H49N3O7/c1-6-13-28(22-34(43)41(19-20-42)25-27-15-9-8-10-16-27)36(45)40-31(21-30-24-39-33-18-12-11-17-32(30)33)26-47-37(46)29(14-7-2)23-35(44)48-38(3,4)5/h6-12,15-18,24,28-29,31,39,42H,1-2,13-14,19-23,25-26H2,3-5H3,(H,40,45)/t28-,29+,31+/m0/s1. The summed E-state index contributed by atoms with van der Waals surface area (Å²) in [6.07, 6.45) is 5.53. The van der Waals surface area contributed by atoms with Gasteiger partial charge in [0.05, 0.1) is 30.9 Å². The molecule has 0 aliphatic rings. The molecule has 3 aromatic rings. The minimum atomic E-state index is -0.796. The number of amides is 2. The molecule has 0 aliphatic carbocycles. The van der Waals surface area contributed by atoms with E-state index in [4.69, 9.17) is 9.47 Å². The molecule has 0 saturated heterocycles. The van der Waals surface area contributed by atoms with Gasteiger partial charge in [0.1, 0.15) is 12.2 Å². The van der Waals surface area contributed by atoms with Gasteiger partial charge >= 0.3 is 11.9 Å². The van der Waals surface area contributed by atoms with Gasteiger partial charge in [-0.1, -0.05) is 60.7 Å². The number of esters is 2. The number of nitrogens with zero attached hydrogens (tertiary/aromatic N) is 1. The lowest BCUT2D eigenvalue weighted by Crippen LogP contribution is -2.45. The molecule has 0 bridgehead atoms. The Morgan fingerprint density at radius 1 is 0.958 bits per heavy atom. The van der Waals surface area contributed by atoms with Gasteiger partial charge in [-0.2, -0.15) is 0 Å². The minimum absolute atomic E-state index is 0.0957. The summed E-state index contributed by atoms with van der Waals surface area (Å²) in [5.74, 6) is -3.32. The van der Waals surface area contributed by atoms with Gasteiger partial charge in [-0.25, -0.2) is 0 Å². The zero-order chi connectivity index (χ0) is 35.1. The number of H-pyrrole nitrogens is 1. The molecule has 1 aromatic heterocycles. The highest BCUT2D eigenvalue weighted by atomic mass is 16.6. The summed E-state index contributed by atoms with van der Waals surface area (Å²) in [6.45, 7) is 12.8. The van der Waals surface area contributed by atoms with Gasteiger partial charge in [0.15, 0.2) is 0 Å². The van der Waals surface area contributed by atoms with Crippen molar-refractivity contribution in [2.24, 2.45) is 11.8 Å². The predicted octanol–water partition coefficient (Wildman–Crippen LogP) is 5.27. The van der Waals surface area contributed by atoms with Crippen LogP contribution in [0.5, 0.6) is 0 Å². The molecule has 0 radical (unpaired) electrons. The van der Waals surface area contributed by atoms with Gasteiger partial charge in [-0.3, -0.25) is 19.2 Å². The number of ether oxygens (including phenoxy) is 2. The van der Waals surface area contributed by atoms with Crippen LogP contribution in [0.2, 0.25) is 0 Å². The van der Waals surface area contributed by atoms with Gasteiger partial charge in [0.2, 0.25) is 11.8 Å². The Morgan fingerprint density at radius 2 is 1.62 bits per heavy atom. The van der Waals surface area contributed by atoms with Gasteiger partial charge in [-0.05, 0) is 57.2 Å². The van der Waals surface area contributed by atoms with Crippen molar-refractivity contribution in [1.29, 1.82) is 0 Å². The van der Waals surface area contributed by atoms with E-state index in [9.17, 15) is 24.3 Å². The Morgan fingerprint density at radius 3 is 2.29 bits per heavy atom. The van der Waals surface area contributed by atoms with Crippen molar-refractivity contribution < 1.29 is 33.8 Å². The van der Waals surface area contributed by atoms with Crippen molar-refractivity contribution >= 4 is 34.7 Å². The molecule has 10 nitrogen and oxygen atoms in total. The SMILES string of the molecule is C=CC[C@@H](CC(=O)N(CCO)Cc1ccccc1)C(=O)N[C@@H](COC(=O)[C@H](CC=C)CC(=O)OC(C)(C)C)Cc1c[nH]c2ccccc12. The number of carbonyl (C=O) groups is 4. The molecule has 1 heterocycles. The second kappa shape index (κ2) is 18.6. The number of carbonyl (C=O) groups excluding carboxylic acids is 4. The first-order chi connectivity index (χ1) is 22.9. The molecule has 258 valence electrons. The zero-order valence-electron chi connectivity index (χ0n) is 28.3. The molecule has 0 spiro atoms. The maximum Gasteiger partial charge on any atom is 0.309 e. The molecule has 0 fully saturated rings. The third-order valence-electron chi connectivity index (χ3n) is 7.71. The van der Waals surface area contributed by atoms with Crippen LogP contribution in [-0.4, -0.2) is 70.1 Å². The number of aliphatic hydroxyl groups is 1. The number of hydrogen-bond acceptors (Lipinski definition) is 7. The van der Waals surface area contributed by atoms with Crippen LogP contribution in [0.1, 0.15) is 57.6 Å². The minimum Gasteiger partial charge on any atom is -0.463 e. The Bertz CT molecular complexity index is 1530. The van der Waals surface area contributed by atoms with Crippen LogP contribution in [0, 0.1) is 11.8 Å². The van der Waals surface area contributed by atoms with Crippen LogP contribution in [0.4, 0.5) is 0 Å². The third kappa shape index (κ3) is 12.2. The Hall–Kier alpha value is -4.70. The molecule has 3 atom stereocenters. The van der Waals surface area contributed by atoms with E-state index in [0.717, 1.165) is 22.0 Å². The van der Waals surface area contributed by atoms with E-state index in [1.165, 1.54) is 4.90 Å². The van der Waals surface area contributed by atoms with E-state index in [2.05, 4.69) is 23.5 Å². The summed E-state index contributed by atoms with van der Waals surface area (Å²) >= 11 is 0. The predicted molar refractivity (Wildman–Crippen MR) is 186 cm³/mol. The number of benzene rings is 2. The molecular weight excluding hydrogens is 610 g/mol. The molecule has 0 unspecified atom stereocenters. The number of fused-ring (bicyclic) bond motifs is 1. The smallest absolute Gasteiger partial charge is 0.309 e. The first-order valence-corrected chi connectivity index (χ1v) is 16.3. The lowest BCUT2D eigenvalue weighted by atomic mass is 9.97. The van der Waals surface area contributed by atoms with Crippen molar-refractivity contribution in [3.05, 3.63) is 97.2 Å². The van der Waals surface area contributed by atoms with Gasteiger partial charge in [-0.15, -0.1) is 13.2 Å². The molecule has 2 amide bonds. The number of nitrogens with one attached hydrogen (secondary N) is 2. The fraction of sp³-hybridized carbons (Fsp3) is 0.421. The first-order valence-electron chi connectivity index (χ1n) is 16.3.